The lowest BCUT2D eigenvalue weighted by Gasteiger charge is -2.11. The van der Waals surface area contributed by atoms with Crippen LogP contribution in [0.1, 0.15) is 36.0 Å². The number of carbonyl (C=O) groups is 2. The van der Waals surface area contributed by atoms with Gasteiger partial charge >= 0.3 is 0 Å². The Balaban J connectivity index is 1.48. The van der Waals surface area contributed by atoms with Gasteiger partial charge in [-0.1, -0.05) is 37.1 Å². The van der Waals surface area contributed by atoms with E-state index >= 15 is 0 Å². The Morgan fingerprint density at radius 2 is 1.67 bits per heavy atom. The molecule has 0 aromatic heterocycles. The van der Waals surface area contributed by atoms with E-state index in [1.165, 1.54) is 0 Å². The van der Waals surface area contributed by atoms with E-state index < -0.39 is 0 Å². The minimum atomic E-state index is -0.137. The number of hydrogen-bond donors (Lipinski definition) is 2. The average molecular weight is 366 g/mol. The van der Waals surface area contributed by atoms with Gasteiger partial charge in [0.2, 0.25) is 5.91 Å². The Bertz CT molecular complexity index is 780. The van der Waals surface area contributed by atoms with Crippen LogP contribution in [0.4, 0.5) is 0 Å². The minimum Gasteiger partial charge on any atom is -0.497 e. The van der Waals surface area contributed by atoms with Gasteiger partial charge in [-0.3, -0.25) is 9.59 Å². The van der Waals surface area contributed by atoms with Crippen molar-refractivity contribution in [3.8, 4) is 16.9 Å². The fraction of sp³-hybridized carbons (Fsp3) is 0.364. The van der Waals surface area contributed by atoms with E-state index in [2.05, 4.69) is 10.6 Å². The maximum absolute atomic E-state index is 12.2. The Labute approximate surface area is 160 Å². The summed E-state index contributed by atoms with van der Waals surface area (Å²) in [4.78, 5) is 24.2. The lowest BCUT2D eigenvalue weighted by molar-refractivity contribution is -0.124. The molecule has 1 aliphatic carbocycles. The molecule has 2 N–H and O–H groups in total. The predicted octanol–water partition coefficient (Wildman–Crippen LogP) is 3.40. The van der Waals surface area contributed by atoms with Gasteiger partial charge in [-0.2, -0.15) is 0 Å². The lowest BCUT2D eigenvalue weighted by atomic mass is 10.0. The molecule has 142 valence electrons. The standard InChI is InChI=1S/C22H26N2O3/c1-27-20-8-4-7-19(15-20)16-9-11-18(12-10-16)22(26)24-14-13-23-21(25)17-5-2-3-6-17/h4,7-12,15,17H,2-3,5-6,13-14H2,1H3,(H,23,25)(H,24,26). The van der Waals surface area contributed by atoms with Crippen molar-refractivity contribution in [2.24, 2.45) is 5.92 Å². The third-order valence-electron chi connectivity index (χ3n) is 4.99. The topological polar surface area (TPSA) is 67.4 Å². The third-order valence-corrected chi connectivity index (χ3v) is 4.99. The number of methoxy groups -OCH3 is 1. The number of amides is 2. The van der Waals surface area contributed by atoms with E-state index in [0.29, 0.717) is 18.7 Å². The molecule has 1 saturated carbocycles. The first kappa shape index (κ1) is 19.0. The molecule has 0 atom stereocenters. The van der Waals surface area contributed by atoms with E-state index in [0.717, 1.165) is 42.6 Å². The van der Waals surface area contributed by atoms with Crippen LogP contribution >= 0.6 is 0 Å². The molecular weight excluding hydrogens is 340 g/mol. The highest BCUT2D eigenvalue weighted by atomic mass is 16.5. The monoisotopic (exact) mass is 366 g/mol. The van der Waals surface area contributed by atoms with Crippen molar-refractivity contribution in [1.29, 1.82) is 0 Å². The van der Waals surface area contributed by atoms with Crippen molar-refractivity contribution in [3.05, 3.63) is 54.1 Å². The number of carbonyl (C=O) groups excluding carboxylic acids is 2. The number of benzene rings is 2. The predicted molar refractivity (Wildman–Crippen MR) is 106 cm³/mol. The molecule has 5 heteroatoms. The molecule has 0 heterocycles. The van der Waals surface area contributed by atoms with E-state index in [-0.39, 0.29) is 17.7 Å². The second-order valence-corrected chi connectivity index (χ2v) is 6.84. The maximum atomic E-state index is 12.2. The van der Waals surface area contributed by atoms with E-state index in [1.54, 1.807) is 19.2 Å². The SMILES string of the molecule is COc1cccc(-c2ccc(C(=O)NCCNC(=O)C3CCCC3)cc2)c1. The molecule has 0 radical (unpaired) electrons. The second kappa shape index (κ2) is 9.21. The summed E-state index contributed by atoms with van der Waals surface area (Å²) in [7, 11) is 1.64. The first-order valence-electron chi connectivity index (χ1n) is 9.48. The van der Waals surface area contributed by atoms with Gasteiger partial charge < -0.3 is 15.4 Å². The first-order valence-corrected chi connectivity index (χ1v) is 9.48. The molecule has 0 aliphatic heterocycles. The van der Waals surface area contributed by atoms with Crippen LogP contribution in [-0.2, 0) is 4.79 Å². The molecule has 3 rings (SSSR count). The van der Waals surface area contributed by atoms with Crippen molar-refractivity contribution >= 4 is 11.8 Å². The molecule has 1 fully saturated rings. The van der Waals surface area contributed by atoms with Gasteiger partial charge in [0.25, 0.3) is 5.91 Å². The Hall–Kier alpha value is -2.82. The Morgan fingerprint density at radius 1 is 0.963 bits per heavy atom. The van der Waals surface area contributed by atoms with Gasteiger partial charge in [-0.15, -0.1) is 0 Å². The fourth-order valence-corrected chi connectivity index (χ4v) is 3.41. The molecular formula is C22H26N2O3. The third kappa shape index (κ3) is 5.09. The molecule has 2 amide bonds. The van der Waals surface area contributed by atoms with Crippen LogP contribution < -0.4 is 15.4 Å². The van der Waals surface area contributed by atoms with E-state index in [1.807, 2.05) is 36.4 Å². The lowest BCUT2D eigenvalue weighted by Crippen LogP contribution is -2.37. The number of nitrogens with one attached hydrogen (secondary N) is 2. The van der Waals surface area contributed by atoms with Crippen LogP contribution in [0.15, 0.2) is 48.5 Å². The highest BCUT2D eigenvalue weighted by molar-refractivity contribution is 5.94. The van der Waals surface area contributed by atoms with Crippen LogP contribution in [0.3, 0.4) is 0 Å². The summed E-state index contributed by atoms with van der Waals surface area (Å²) in [6, 6.07) is 15.3. The summed E-state index contributed by atoms with van der Waals surface area (Å²) in [6.45, 7) is 0.887. The van der Waals surface area contributed by atoms with Crippen LogP contribution in [0, 0.1) is 5.92 Å². The number of hydrogen-bond acceptors (Lipinski definition) is 3. The zero-order valence-corrected chi connectivity index (χ0v) is 15.7. The molecule has 5 nitrogen and oxygen atoms in total. The molecule has 0 saturated heterocycles. The van der Waals surface area contributed by atoms with Crippen molar-refractivity contribution in [1.82, 2.24) is 10.6 Å². The smallest absolute Gasteiger partial charge is 0.251 e. The average Bonchev–Trinajstić information content (AvgIpc) is 3.26. The van der Waals surface area contributed by atoms with Gasteiger partial charge in [-0.05, 0) is 48.2 Å². The zero-order valence-electron chi connectivity index (χ0n) is 15.7. The van der Waals surface area contributed by atoms with Crippen molar-refractivity contribution in [2.45, 2.75) is 25.7 Å². The maximum Gasteiger partial charge on any atom is 0.251 e. The quantitative estimate of drug-likeness (QED) is 0.738. The summed E-state index contributed by atoms with van der Waals surface area (Å²) in [6.07, 6.45) is 4.25. The summed E-state index contributed by atoms with van der Waals surface area (Å²) in [5.41, 5.74) is 2.66. The summed E-state index contributed by atoms with van der Waals surface area (Å²) in [5, 5.41) is 5.76. The first-order chi connectivity index (χ1) is 13.2. The molecule has 0 bridgehead atoms. The van der Waals surface area contributed by atoms with Crippen molar-refractivity contribution in [3.63, 3.8) is 0 Å². The summed E-state index contributed by atoms with van der Waals surface area (Å²) >= 11 is 0. The van der Waals surface area contributed by atoms with Crippen molar-refractivity contribution < 1.29 is 14.3 Å². The van der Waals surface area contributed by atoms with Gasteiger partial charge in [0.15, 0.2) is 0 Å². The molecule has 0 unspecified atom stereocenters. The summed E-state index contributed by atoms with van der Waals surface area (Å²) < 4.78 is 5.25. The van der Waals surface area contributed by atoms with E-state index in [9.17, 15) is 9.59 Å². The summed E-state index contributed by atoms with van der Waals surface area (Å²) in [5.74, 6) is 0.936. The van der Waals surface area contributed by atoms with Gasteiger partial charge in [0, 0.05) is 24.6 Å². The van der Waals surface area contributed by atoms with Crippen LogP contribution in [-0.4, -0.2) is 32.0 Å². The normalized spacial score (nSPS) is 14.0. The van der Waals surface area contributed by atoms with Crippen molar-refractivity contribution in [2.75, 3.05) is 20.2 Å². The molecule has 2 aromatic rings. The molecule has 0 spiro atoms. The Kier molecular flexibility index (Phi) is 6.47. The minimum absolute atomic E-state index is 0.115. The van der Waals surface area contributed by atoms with Gasteiger partial charge in [0.1, 0.15) is 5.75 Å². The van der Waals surface area contributed by atoms with Crippen LogP contribution in [0.25, 0.3) is 11.1 Å². The van der Waals surface area contributed by atoms with Crippen LogP contribution in [0.5, 0.6) is 5.75 Å². The molecule has 1 aliphatic rings. The largest absolute Gasteiger partial charge is 0.497 e. The Morgan fingerprint density at radius 3 is 2.37 bits per heavy atom. The highest BCUT2D eigenvalue weighted by Gasteiger charge is 2.21. The highest BCUT2D eigenvalue weighted by Crippen LogP contribution is 2.25. The second-order valence-electron chi connectivity index (χ2n) is 6.84. The molecule has 2 aromatic carbocycles. The van der Waals surface area contributed by atoms with E-state index in [4.69, 9.17) is 4.74 Å². The number of ether oxygens (including phenoxy) is 1. The fourth-order valence-electron chi connectivity index (χ4n) is 3.41. The van der Waals surface area contributed by atoms with Gasteiger partial charge in [0.05, 0.1) is 7.11 Å². The van der Waals surface area contributed by atoms with Crippen LogP contribution in [0.2, 0.25) is 0 Å². The number of rotatable bonds is 7. The van der Waals surface area contributed by atoms with Gasteiger partial charge in [-0.25, -0.2) is 0 Å². The molecule has 27 heavy (non-hydrogen) atoms. The zero-order chi connectivity index (χ0) is 19.1.